The maximum atomic E-state index is 5.64. The number of nitrogens with zero attached hydrogens (tertiary/aromatic N) is 1. The molecule has 0 heterocycles. The summed E-state index contributed by atoms with van der Waals surface area (Å²) in [6.45, 7) is 8.57. The second-order valence-electron chi connectivity index (χ2n) is 3.43. The molecule has 0 fully saturated rings. The molecule has 1 aromatic carbocycles. The first-order valence-electron chi connectivity index (χ1n) is 5.34. The van der Waals surface area contributed by atoms with Crippen molar-refractivity contribution in [3.8, 4) is 0 Å². The molecule has 0 aliphatic heterocycles. The van der Waals surface area contributed by atoms with Crippen LogP contribution < -0.4 is 10.9 Å². The van der Waals surface area contributed by atoms with E-state index in [1.807, 2.05) is 24.3 Å². The molecule has 0 unspecified atom stereocenters. The van der Waals surface area contributed by atoms with E-state index in [1.54, 1.807) is 0 Å². The van der Waals surface area contributed by atoms with Gasteiger partial charge in [-0.15, -0.1) is 0 Å². The second kappa shape index (κ2) is 6.58. The lowest BCUT2D eigenvalue weighted by atomic mass is 10.1. The standard InChI is InChI=1S/C12H19N3S/c1-3-15(9-8-13)10(2)11-6-4-5-7-12(11)16-14/h4-7H,2-3,8-9,13-14H2,1H3. The lowest BCUT2D eigenvalue weighted by molar-refractivity contribution is 0.428. The Labute approximate surface area is 102 Å². The summed E-state index contributed by atoms with van der Waals surface area (Å²) in [5.41, 5.74) is 7.65. The minimum absolute atomic E-state index is 0.630. The molecule has 4 N–H and O–H groups in total. The summed E-state index contributed by atoms with van der Waals surface area (Å²) in [5.74, 6) is 0. The fraction of sp³-hybridized carbons (Fsp3) is 0.333. The second-order valence-corrected chi connectivity index (χ2v) is 4.10. The lowest BCUT2D eigenvalue weighted by Crippen LogP contribution is -2.27. The smallest absolute Gasteiger partial charge is 0.0378 e. The minimum atomic E-state index is 0.630. The third-order valence-corrected chi connectivity index (χ3v) is 3.10. The van der Waals surface area contributed by atoms with Crippen molar-refractivity contribution >= 4 is 17.6 Å². The van der Waals surface area contributed by atoms with Gasteiger partial charge in [0.15, 0.2) is 0 Å². The SMILES string of the molecule is C=C(c1ccccc1SN)N(CC)CCN. The van der Waals surface area contributed by atoms with Gasteiger partial charge in [-0.1, -0.05) is 24.8 Å². The molecular weight excluding hydrogens is 218 g/mol. The average Bonchev–Trinajstić information content (AvgIpc) is 2.35. The number of benzene rings is 1. The topological polar surface area (TPSA) is 55.3 Å². The molecule has 88 valence electrons. The molecule has 0 aliphatic rings. The number of rotatable bonds is 6. The predicted octanol–water partition coefficient (Wildman–Crippen LogP) is 1.90. The quantitative estimate of drug-likeness (QED) is 0.742. The molecule has 0 atom stereocenters. The number of nitrogens with two attached hydrogens (primary N) is 2. The Kier molecular flexibility index (Phi) is 5.38. The largest absolute Gasteiger partial charge is 0.371 e. The highest BCUT2D eigenvalue weighted by molar-refractivity contribution is 7.97. The van der Waals surface area contributed by atoms with E-state index in [2.05, 4.69) is 18.4 Å². The molecule has 4 heteroatoms. The Morgan fingerprint density at radius 3 is 2.69 bits per heavy atom. The van der Waals surface area contributed by atoms with E-state index >= 15 is 0 Å². The first kappa shape index (κ1) is 13.1. The van der Waals surface area contributed by atoms with Gasteiger partial charge in [0.2, 0.25) is 0 Å². The normalized spacial score (nSPS) is 10.2. The van der Waals surface area contributed by atoms with Crippen LogP contribution in [0, 0.1) is 0 Å². The van der Waals surface area contributed by atoms with Crippen molar-refractivity contribution in [3.05, 3.63) is 36.4 Å². The predicted molar refractivity (Wildman–Crippen MR) is 71.8 cm³/mol. The summed E-state index contributed by atoms with van der Waals surface area (Å²) >= 11 is 1.25. The summed E-state index contributed by atoms with van der Waals surface area (Å²) in [7, 11) is 0. The van der Waals surface area contributed by atoms with E-state index in [0.29, 0.717) is 6.54 Å². The molecular formula is C12H19N3S. The third-order valence-electron chi connectivity index (χ3n) is 2.49. The van der Waals surface area contributed by atoms with Crippen molar-refractivity contribution in [2.75, 3.05) is 19.6 Å². The van der Waals surface area contributed by atoms with Crippen molar-refractivity contribution in [1.82, 2.24) is 4.90 Å². The van der Waals surface area contributed by atoms with Crippen LogP contribution in [-0.2, 0) is 0 Å². The van der Waals surface area contributed by atoms with Crippen LogP contribution in [-0.4, -0.2) is 24.5 Å². The fourth-order valence-electron chi connectivity index (χ4n) is 1.62. The minimum Gasteiger partial charge on any atom is -0.371 e. The molecule has 0 radical (unpaired) electrons. The highest BCUT2D eigenvalue weighted by Gasteiger charge is 2.10. The van der Waals surface area contributed by atoms with E-state index in [1.165, 1.54) is 11.9 Å². The van der Waals surface area contributed by atoms with Crippen molar-refractivity contribution < 1.29 is 0 Å². The first-order valence-corrected chi connectivity index (χ1v) is 6.22. The number of hydrogen-bond acceptors (Lipinski definition) is 4. The zero-order valence-corrected chi connectivity index (χ0v) is 10.5. The maximum Gasteiger partial charge on any atom is 0.0378 e. The zero-order chi connectivity index (χ0) is 12.0. The van der Waals surface area contributed by atoms with E-state index in [4.69, 9.17) is 10.9 Å². The molecule has 0 aliphatic carbocycles. The summed E-state index contributed by atoms with van der Waals surface area (Å²) in [6.07, 6.45) is 0. The van der Waals surface area contributed by atoms with Crippen molar-refractivity contribution in [2.24, 2.45) is 10.9 Å². The Morgan fingerprint density at radius 1 is 1.44 bits per heavy atom. The lowest BCUT2D eigenvalue weighted by Gasteiger charge is -2.25. The fourth-order valence-corrected chi connectivity index (χ4v) is 2.09. The van der Waals surface area contributed by atoms with Crippen LogP contribution in [0.4, 0.5) is 0 Å². The highest BCUT2D eigenvalue weighted by atomic mass is 32.2. The number of likely N-dealkylation sites (N-methyl/N-ethyl adjacent to an activating group) is 1. The molecule has 16 heavy (non-hydrogen) atoms. The van der Waals surface area contributed by atoms with Gasteiger partial charge in [0.05, 0.1) is 0 Å². The Morgan fingerprint density at radius 2 is 2.12 bits per heavy atom. The molecule has 0 bridgehead atoms. The molecule has 0 saturated heterocycles. The van der Waals surface area contributed by atoms with E-state index < -0.39 is 0 Å². The van der Waals surface area contributed by atoms with Crippen LogP contribution in [0.15, 0.2) is 35.7 Å². The molecule has 0 saturated carbocycles. The van der Waals surface area contributed by atoms with Crippen molar-refractivity contribution in [3.63, 3.8) is 0 Å². The van der Waals surface area contributed by atoms with Gasteiger partial charge in [0, 0.05) is 35.8 Å². The van der Waals surface area contributed by atoms with E-state index in [9.17, 15) is 0 Å². The molecule has 3 nitrogen and oxygen atoms in total. The van der Waals surface area contributed by atoms with E-state index in [0.717, 1.165) is 29.2 Å². The van der Waals surface area contributed by atoms with Crippen LogP contribution in [0.3, 0.4) is 0 Å². The average molecular weight is 237 g/mol. The van der Waals surface area contributed by atoms with Crippen LogP contribution in [0.25, 0.3) is 5.70 Å². The van der Waals surface area contributed by atoms with Crippen molar-refractivity contribution in [2.45, 2.75) is 11.8 Å². The van der Waals surface area contributed by atoms with Gasteiger partial charge >= 0.3 is 0 Å². The van der Waals surface area contributed by atoms with Gasteiger partial charge in [-0.25, -0.2) is 0 Å². The molecule has 0 aromatic heterocycles. The van der Waals surface area contributed by atoms with Gasteiger partial charge in [-0.3, -0.25) is 5.14 Å². The molecule has 1 aromatic rings. The first-order chi connectivity index (χ1) is 7.74. The Balaban J connectivity index is 2.93. The van der Waals surface area contributed by atoms with Crippen LogP contribution in [0.5, 0.6) is 0 Å². The Hall–Kier alpha value is -0.970. The highest BCUT2D eigenvalue weighted by Crippen LogP contribution is 2.26. The van der Waals surface area contributed by atoms with Crippen LogP contribution >= 0.6 is 11.9 Å². The maximum absolute atomic E-state index is 5.64. The summed E-state index contributed by atoms with van der Waals surface area (Å²) in [6, 6.07) is 8.01. The monoisotopic (exact) mass is 237 g/mol. The van der Waals surface area contributed by atoms with Gasteiger partial charge in [0.1, 0.15) is 0 Å². The van der Waals surface area contributed by atoms with E-state index in [-0.39, 0.29) is 0 Å². The molecule has 0 amide bonds. The zero-order valence-electron chi connectivity index (χ0n) is 9.65. The van der Waals surface area contributed by atoms with Crippen molar-refractivity contribution in [1.29, 1.82) is 0 Å². The molecule has 1 rings (SSSR count). The number of hydrogen-bond donors (Lipinski definition) is 2. The third kappa shape index (κ3) is 3.01. The van der Waals surface area contributed by atoms with Gasteiger partial charge < -0.3 is 10.6 Å². The van der Waals surface area contributed by atoms with Gasteiger partial charge in [0.25, 0.3) is 0 Å². The van der Waals surface area contributed by atoms with Gasteiger partial charge in [-0.05, 0) is 24.9 Å². The van der Waals surface area contributed by atoms with Crippen LogP contribution in [0.2, 0.25) is 0 Å². The summed E-state index contributed by atoms with van der Waals surface area (Å²) in [4.78, 5) is 3.21. The summed E-state index contributed by atoms with van der Waals surface area (Å²) < 4.78 is 0. The van der Waals surface area contributed by atoms with Gasteiger partial charge in [-0.2, -0.15) is 0 Å². The van der Waals surface area contributed by atoms with Crippen LogP contribution in [0.1, 0.15) is 12.5 Å². The Bertz CT molecular complexity index is 352. The summed E-state index contributed by atoms with van der Waals surface area (Å²) in [5, 5.41) is 5.64. The molecule has 0 spiro atoms.